The molecule has 1 fully saturated rings. The van der Waals surface area contributed by atoms with Gasteiger partial charge in [0, 0.05) is 5.92 Å². The lowest BCUT2D eigenvalue weighted by molar-refractivity contribution is 0.152. The maximum atomic E-state index is 9.31. The summed E-state index contributed by atoms with van der Waals surface area (Å²) in [5.41, 5.74) is 3.07. The summed E-state index contributed by atoms with van der Waals surface area (Å²) in [7, 11) is 0. The van der Waals surface area contributed by atoms with Crippen LogP contribution in [0.25, 0.3) is 0 Å². The molecule has 2 rings (SSSR count). The number of rotatable bonds is 0. The van der Waals surface area contributed by atoms with Gasteiger partial charge in [-0.1, -0.05) is 0 Å². The van der Waals surface area contributed by atoms with Crippen molar-refractivity contribution in [3.05, 3.63) is 17.9 Å². The van der Waals surface area contributed by atoms with E-state index in [1.165, 1.54) is 0 Å². The molecule has 0 heterocycles. The minimum Gasteiger partial charge on any atom is -0.392 e. The van der Waals surface area contributed by atoms with Gasteiger partial charge in [0.25, 0.3) is 0 Å². The van der Waals surface area contributed by atoms with E-state index in [0.717, 1.165) is 12.8 Å². The largest absolute Gasteiger partial charge is 0.392 e. The molecule has 0 radical (unpaired) electrons. The molecule has 1 N–H and O–H groups in total. The van der Waals surface area contributed by atoms with Crippen molar-refractivity contribution in [2.75, 3.05) is 0 Å². The fourth-order valence-electron chi connectivity index (χ4n) is 1.72. The summed E-state index contributed by atoms with van der Waals surface area (Å²) in [5.74, 6) is 1.04. The van der Waals surface area contributed by atoms with E-state index in [-0.39, 0.29) is 6.10 Å². The molecule has 0 aromatic heterocycles. The van der Waals surface area contributed by atoms with E-state index >= 15 is 0 Å². The Bertz CT molecular complexity index is 175. The second kappa shape index (κ2) is 1.73. The average molecular weight is 122 g/mol. The van der Waals surface area contributed by atoms with Crippen molar-refractivity contribution >= 4 is 0 Å². The van der Waals surface area contributed by atoms with Crippen LogP contribution in [-0.2, 0) is 0 Å². The van der Waals surface area contributed by atoms with Gasteiger partial charge in [0.1, 0.15) is 0 Å². The Morgan fingerprint density at radius 3 is 2.89 bits per heavy atom. The summed E-state index contributed by atoms with van der Waals surface area (Å²) in [4.78, 5) is 0. The lowest BCUT2D eigenvalue weighted by Gasteiger charge is -2.06. The third kappa shape index (κ3) is 0.735. The Morgan fingerprint density at radius 2 is 2.22 bits per heavy atom. The molecule has 0 aromatic carbocycles. The lowest BCUT2D eigenvalue weighted by Crippen LogP contribution is -2.09. The van der Waals surface area contributed by atoms with E-state index in [4.69, 9.17) is 0 Å². The molecule has 1 heteroatoms. The Morgan fingerprint density at radius 1 is 1.33 bits per heavy atom. The minimum atomic E-state index is -0.0822. The molecule has 9 heavy (non-hydrogen) atoms. The molecular weight excluding hydrogens is 112 g/mol. The summed E-state index contributed by atoms with van der Waals surface area (Å²) in [5, 5.41) is 9.31. The Labute approximate surface area is 54.7 Å². The first-order chi connectivity index (χ1) is 4.36. The monoisotopic (exact) mass is 122 g/mol. The third-order valence-corrected chi connectivity index (χ3v) is 2.26. The van der Waals surface area contributed by atoms with Gasteiger partial charge < -0.3 is 5.11 Å². The number of hydrogen-bond donors (Lipinski definition) is 1. The highest BCUT2D eigenvalue weighted by Gasteiger charge is 2.31. The average Bonchev–Trinajstić information content (AvgIpc) is 2.09. The fourth-order valence-corrected chi connectivity index (χ4v) is 1.72. The van der Waals surface area contributed by atoms with Crippen molar-refractivity contribution in [2.45, 2.75) is 18.9 Å². The van der Waals surface area contributed by atoms with E-state index in [1.54, 1.807) is 0 Å². The maximum Gasteiger partial charge on any atom is 0.0615 e. The lowest BCUT2D eigenvalue weighted by atomic mass is 10.0. The molecule has 0 saturated heterocycles. The Kier molecular flexibility index (Phi) is 1.01. The van der Waals surface area contributed by atoms with Gasteiger partial charge in [-0.25, -0.2) is 0 Å². The molecule has 0 aromatic rings. The summed E-state index contributed by atoms with van der Waals surface area (Å²) >= 11 is 0. The molecular formula is C8H10O. The van der Waals surface area contributed by atoms with Crippen LogP contribution in [0.5, 0.6) is 0 Å². The molecule has 1 nitrogen and oxygen atoms in total. The van der Waals surface area contributed by atoms with Gasteiger partial charge in [0.15, 0.2) is 0 Å². The number of hydrogen-bond acceptors (Lipinski definition) is 1. The van der Waals surface area contributed by atoms with E-state index in [2.05, 4.69) is 11.8 Å². The van der Waals surface area contributed by atoms with Gasteiger partial charge in [-0.15, -0.1) is 5.73 Å². The highest BCUT2D eigenvalue weighted by Crippen LogP contribution is 2.34. The van der Waals surface area contributed by atoms with Crippen LogP contribution in [0, 0.1) is 11.8 Å². The summed E-state index contributed by atoms with van der Waals surface area (Å²) in [6, 6.07) is 0. The zero-order chi connectivity index (χ0) is 6.27. The van der Waals surface area contributed by atoms with E-state index in [0.29, 0.717) is 11.8 Å². The van der Waals surface area contributed by atoms with Crippen LogP contribution in [0.2, 0.25) is 0 Å². The second-order valence-electron chi connectivity index (χ2n) is 2.96. The molecule has 3 unspecified atom stereocenters. The van der Waals surface area contributed by atoms with Crippen LogP contribution in [0.4, 0.5) is 0 Å². The standard InChI is InChI=1S/C8H10O/c9-8-5-6-2-1-3-7(8)4-6/h2-3,6-9H,4-5H2. The number of fused-ring (bicyclic) bond motifs is 2. The molecule has 0 amide bonds. The van der Waals surface area contributed by atoms with Crippen molar-refractivity contribution in [1.29, 1.82) is 0 Å². The van der Waals surface area contributed by atoms with Crippen LogP contribution in [0.1, 0.15) is 12.8 Å². The van der Waals surface area contributed by atoms with Gasteiger partial charge in [-0.3, -0.25) is 0 Å². The van der Waals surface area contributed by atoms with Crippen molar-refractivity contribution < 1.29 is 5.11 Å². The smallest absolute Gasteiger partial charge is 0.0615 e. The first kappa shape index (κ1) is 5.28. The minimum absolute atomic E-state index is 0.0822. The van der Waals surface area contributed by atoms with Crippen molar-refractivity contribution in [2.24, 2.45) is 11.8 Å². The van der Waals surface area contributed by atoms with E-state index in [1.807, 2.05) is 6.08 Å². The highest BCUT2D eigenvalue weighted by molar-refractivity contribution is 5.07. The quantitative estimate of drug-likeness (QED) is 0.477. The molecule has 48 valence electrons. The van der Waals surface area contributed by atoms with Crippen molar-refractivity contribution in [3.63, 3.8) is 0 Å². The molecule has 2 aliphatic carbocycles. The molecule has 3 atom stereocenters. The van der Waals surface area contributed by atoms with Crippen LogP contribution in [-0.4, -0.2) is 11.2 Å². The van der Waals surface area contributed by atoms with Crippen LogP contribution in [0.3, 0.4) is 0 Å². The molecule has 0 spiro atoms. The molecule has 1 saturated carbocycles. The normalized spacial score (nSPS) is 46.1. The maximum absolute atomic E-state index is 9.31. The zero-order valence-electron chi connectivity index (χ0n) is 5.25. The molecule has 2 bridgehead atoms. The van der Waals surface area contributed by atoms with Crippen LogP contribution in [0.15, 0.2) is 17.9 Å². The van der Waals surface area contributed by atoms with Gasteiger partial charge in [-0.05, 0) is 30.9 Å². The zero-order valence-corrected chi connectivity index (χ0v) is 5.25. The van der Waals surface area contributed by atoms with Gasteiger partial charge >= 0.3 is 0 Å². The summed E-state index contributed by atoms with van der Waals surface area (Å²) < 4.78 is 0. The Hall–Kier alpha value is -0.520. The van der Waals surface area contributed by atoms with E-state index < -0.39 is 0 Å². The van der Waals surface area contributed by atoms with Crippen molar-refractivity contribution in [1.82, 2.24) is 0 Å². The summed E-state index contributed by atoms with van der Waals surface area (Å²) in [6.45, 7) is 0. The molecule has 0 aliphatic heterocycles. The van der Waals surface area contributed by atoms with Gasteiger partial charge in [0.05, 0.1) is 6.10 Å². The van der Waals surface area contributed by atoms with Crippen molar-refractivity contribution in [3.8, 4) is 0 Å². The van der Waals surface area contributed by atoms with Gasteiger partial charge in [-0.2, -0.15) is 0 Å². The predicted molar refractivity (Wildman–Crippen MR) is 34.9 cm³/mol. The SMILES string of the molecule is OC1CC2C=C=CC1C2. The van der Waals surface area contributed by atoms with Crippen LogP contribution < -0.4 is 0 Å². The van der Waals surface area contributed by atoms with Crippen LogP contribution >= 0.6 is 0 Å². The van der Waals surface area contributed by atoms with Gasteiger partial charge in [0.2, 0.25) is 0 Å². The molecule has 2 aliphatic rings. The predicted octanol–water partition coefficient (Wildman–Crippen LogP) is 1.10. The highest BCUT2D eigenvalue weighted by atomic mass is 16.3. The first-order valence-corrected chi connectivity index (χ1v) is 3.47. The fraction of sp³-hybridized carbons (Fsp3) is 0.625. The topological polar surface area (TPSA) is 20.2 Å². The second-order valence-corrected chi connectivity index (χ2v) is 2.96. The Balaban J connectivity index is 2.28. The first-order valence-electron chi connectivity index (χ1n) is 3.47. The third-order valence-electron chi connectivity index (χ3n) is 2.26. The summed E-state index contributed by atoms with van der Waals surface area (Å²) in [6.07, 6.45) is 6.09. The van der Waals surface area contributed by atoms with E-state index in [9.17, 15) is 5.11 Å². The number of aliphatic hydroxyl groups excluding tert-OH is 1. The number of aliphatic hydroxyl groups is 1.